The van der Waals surface area contributed by atoms with Crippen LogP contribution in [0, 0.1) is 0 Å². The van der Waals surface area contributed by atoms with Crippen molar-refractivity contribution in [2.45, 2.75) is 20.4 Å². The number of nitrogens with one attached hydrogen (secondary N) is 2. The van der Waals surface area contributed by atoms with E-state index in [1.165, 1.54) is 5.56 Å². The zero-order valence-corrected chi connectivity index (χ0v) is 16.4. The highest BCUT2D eigenvalue weighted by molar-refractivity contribution is 14.0. The van der Waals surface area contributed by atoms with E-state index in [2.05, 4.69) is 46.5 Å². The van der Waals surface area contributed by atoms with Crippen LogP contribution < -0.4 is 15.4 Å². The summed E-state index contributed by atoms with van der Waals surface area (Å²) < 4.78 is 5.76. The largest absolute Gasteiger partial charge is 0.492 e. The molecule has 1 aromatic rings. The Labute approximate surface area is 151 Å². The fourth-order valence-electron chi connectivity index (χ4n) is 2.00. The molecule has 1 rings (SSSR count). The zero-order chi connectivity index (χ0) is 15.5. The maximum atomic E-state index is 5.76. The molecule has 126 valence electrons. The van der Waals surface area contributed by atoms with Gasteiger partial charge in [0.2, 0.25) is 0 Å². The van der Waals surface area contributed by atoms with Gasteiger partial charge in [0, 0.05) is 27.2 Å². The SMILES string of the molecule is CCN(CC)CCOc1ccc(CNC(=NC)NC)cc1.I. The highest BCUT2D eigenvalue weighted by Crippen LogP contribution is 2.12. The van der Waals surface area contributed by atoms with Gasteiger partial charge in [0.15, 0.2) is 5.96 Å². The van der Waals surface area contributed by atoms with Gasteiger partial charge in [0.1, 0.15) is 12.4 Å². The Hall–Kier alpha value is -1.02. The van der Waals surface area contributed by atoms with Crippen LogP contribution in [0.4, 0.5) is 0 Å². The summed E-state index contributed by atoms with van der Waals surface area (Å²) in [4.78, 5) is 6.43. The number of aliphatic imine (C=N–C) groups is 1. The van der Waals surface area contributed by atoms with Crippen molar-refractivity contribution in [1.29, 1.82) is 0 Å². The molecule has 5 nitrogen and oxygen atoms in total. The van der Waals surface area contributed by atoms with Gasteiger partial charge < -0.3 is 20.3 Å². The number of hydrogen-bond donors (Lipinski definition) is 2. The summed E-state index contributed by atoms with van der Waals surface area (Å²) in [5.74, 6) is 1.71. The van der Waals surface area contributed by atoms with E-state index in [1.54, 1.807) is 7.05 Å². The average molecular weight is 420 g/mol. The molecule has 0 spiro atoms. The van der Waals surface area contributed by atoms with Crippen LogP contribution >= 0.6 is 24.0 Å². The molecule has 0 amide bonds. The fraction of sp³-hybridized carbons (Fsp3) is 0.562. The van der Waals surface area contributed by atoms with E-state index in [0.717, 1.165) is 44.5 Å². The Morgan fingerprint density at radius 2 is 1.82 bits per heavy atom. The fourth-order valence-corrected chi connectivity index (χ4v) is 2.00. The third kappa shape index (κ3) is 7.84. The summed E-state index contributed by atoms with van der Waals surface area (Å²) >= 11 is 0. The molecule has 6 heteroatoms. The lowest BCUT2D eigenvalue weighted by Gasteiger charge is -2.18. The third-order valence-electron chi connectivity index (χ3n) is 3.41. The summed E-state index contributed by atoms with van der Waals surface area (Å²) in [5, 5.41) is 6.21. The van der Waals surface area contributed by atoms with E-state index >= 15 is 0 Å². The number of ether oxygens (including phenoxy) is 1. The van der Waals surface area contributed by atoms with Crippen LogP contribution in [0.15, 0.2) is 29.3 Å². The molecule has 0 saturated carbocycles. The van der Waals surface area contributed by atoms with Gasteiger partial charge >= 0.3 is 0 Å². The van der Waals surface area contributed by atoms with Gasteiger partial charge in [-0.15, -0.1) is 24.0 Å². The maximum absolute atomic E-state index is 5.76. The first-order valence-corrected chi connectivity index (χ1v) is 7.55. The second-order valence-corrected chi connectivity index (χ2v) is 4.70. The molecule has 1 aromatic carbocycles. The van der Waals surface area contributed by atoms with Gasteiger partial charge in [-0.25, -0.2) is 0 Å². The monoisotopic (exact) mass is 420 g/mol. The first-order valence-electron chi connectivity index (χ1n) is 7.55. The third-order valence-corrected chi connectivity index (χ3v) is 3.41. The molecular weight excluding hydrogens is 391 g/mol. The zero-order valence-electron chi connectivity index (χ0n) is 14.1. The molecule has 2 N–H and O–H groups in total. The van der Waals surface area contributed by atoms with Crippen molar-refractivity contribution < 1.29 is 4.74 Å². The molecular formula is C16H29IN4O. The van der Waals surface area contributed by atoms with Gasteiger partial charge in [-0.1, -0.05) is 26.0 Å². The molecule has 0 aliphatic rings. The van der Waals surface area contributed by atoms with Gasteiger partial charge in [-0.05, 0) is 30.8 Å². The van der Waals surface area contributed by atoms with Crippen molar-refractivity contribution in [3.05, 3.63) is 29.8 Å². The highest BCUT2D eigenvalue weighted by atomic mass is 127. The molecule has 0 aliphatic heterocycles. The van der Waals surface area contributed by atoms with Crippen LogP contribution in [0.2, 0.25) is 0 Å². The first kappa shape index (κ1) is 21.0. The van der Waals surface area contributed by atoms with Gasteiger partial charge in [0.25, 0.3) is 0 Å². The van der Waals surface area contributed by atoms with Crippen LogP contribution in [0.5, 0.6) is 5.75 Å². The lowest BCUT2D eigenvalue weighted by molar-refractivity contribution is 0.223. The van der Waals surface area contributed by atoms with E-state index in [4.69, 9.17) is 4.74 Å². The van der Waals surface area contributed by atoms with Crippen molar-refractivity contribution in [3.8, 4) is 5.75 Å². The van der Waals surface area contributed by atoms with E-state index < -0.39 is 0 Å². The van der Waals surface area contributed by atoms with Gasteiger partial charge in [0.05, 0.1) is 0 Å². The quantitative estimate of drug-likeness (QED) is 0.385. The predicted octanol–water partition coefficient (Wildman–Crippen LogP) is 2.32. The molecule has 0 unspecified atom stereocenters. The molecule has 0 aromatic heterocycles. The summed E-state index contributed by atoms with van der Waals surface area (Å²) in [6.07, 6.45) is 0. The van der Waals surface area contributed by atoms with Crippen LogP contribution in [0.25, 0.3) is 0 Å². The summed E-state index contributed by atoms with van der Waals surface area (Å²) in [6.45, 7) is 8.91. The number of nitrogens with zero attached hydrogens (tertiary/aromatic N) is 2. The van der Waals surface area contributed by atoms with Gasteiger partial charge in [-0.3, -0.25) is 4.99 Å². The number of halogens is 1. The highest BCUT2D eigenvalue weighted by Gasteiger charge is 2.00. The van der Waals surface area contributed by atoms with Crippen molar-refractivity contribution in [2.75, 3.05) is 40.3 Å². The molecule has 0 bridgehead atoms. The number of benzene rings is 1. The normalized spacial score (nSPS) is 11.0. The molecule has 0 radical (unpaired) electrons. The second kappa shape index (κ2) is 12.5. The van der Waals surface area contributed by atoms with Crippen LogP contribution in [-0.4, -0.2) is 51.2 Å². The number of rotatable bonds is 8. The van der Waals surface area contributed by atoms with Crippen LogP contribution in [0.1, 0.15) is 19.4 Å². The summed E-state index contributed by atoms with van der Waals surface area (Å²) in [7, 11) is 3.60. The Bertz CT molecular complexity index is 419. The maximum Gasteiger partial charge on any atom is 0.190 e. The van der Waals surface area contributed by atoms with Crippen LogP contribution in [0.3, 0.4) is 0 Å². The summed E-state index contributed by atoms with van der Waals surface area (Å²) in [5.41, 5.74) is 1.20. The van der Waals surface area contributed by atoms with Crippen molar-refractivity contribution in [2.24, 2.45) is 4.99 Å². The Balaban J connectivity index is 0.00000441. The Kier molecular flexibility index (Phi) is 11.9. The van der Waals surface area contributed by atoms with Crippen molar-refractivity contribution in [1.82, 2.24) is 15.5 Å². The lowest BCUT2D eigenvalue weighted by atomic mass is 10.2. The minimum Gasteiger partial charge on any atom is -0.492 e. The number of guanidine groups is 1. The minimum absolute atomic E-state index is 0. The molecule has 0 fully saturated rings. The van der Waals surface area contributed by atoms with E-state index in [-0.39, 0.29) is 24.0 Å². The van der Waals surface area contributed by atoms with Crippen molar-refractivity contribution in [3.63, 3.8) is 0 Å². The molecule has 0 saturated heterocycles. The topological polar surface area (TPSA) is 48.9 Å². The lowest BCUT2D eigenvalue weighted by Crippen LogP contribution is -2.34. The predicted molar refractivity (Wildman–Crippen MR) is 104 cm³/mol. The standard InChI is InChI=1S/C16H28N4O.HI/c1-5-20(6-2)11-12-21-15-9-7-14(8-10-15)13-19-16(17-3)18-4;/h7-10H,5-6,11-13H2,1-4H3,(H2,17,18,19);1H. The van der Waals surface area contributed by atoms with Crippen LogP contribution in [-0.2, 0) is 6.54 Å². The van der Waals surface area contributed by atoms with Crippen molar-refractivity contribution >= 4 is 29.9 Å². The molecule has 22 heavy (non-hydrogen) atoms. The molecule has 0 heterocycles. The Morgan fingerprint density at radius 1 is 1.18 bits per heavy atom. The average Bonchev–Trinajstić information content (AvgIpc) is 2.54. The number of likely N-dealkylation sites (N-methyl/N-ethyl adjacent to an activating group) is 1. The first-order chi connectivity index (χ1) is 10.2. The summed E-state index contributed by atoms with van der Waals surface area (Å²) in [6, 6.07) is 8.17. The Morgan fingerprint density at radius 3 is 2.32 bits per heavy atom. The molecule has 0 aliphatic carbocycles. The molecule has 0 atom stereocenters. The minimum atomic E-state index is 0. The smallest absolute Gasteiger partial charge is 0.190 e. The van der Waals surface area contributed by atoms with Gasteiger partial charge in [-0.2, -0.15) is 0 Å². The van der Waals surface area contributed by atoms with E-state index in [1.807, 2.05) is 19.2 Å². The number of hydrogen-bond acceptors (Lipinski definition) is 3. The second-order valence-electron chi connectivity index (χ2n) is 4.70. The van der Waals surface area contributed by atoms with E-state index in [9.17, 15) is 0 Å². The van der Waals surface area contributed by atoms with E-state index in [0.29, 0.717) is 0 Å².